The van der Waals surface area contributed by atoms with E-state index >= 15 is 0 Å². The number of hydrogen-bond donors (Lipinski definition) is 2. The van der Waals surface area contributed by atoms with E-state index < -0.39 is 11.7 Å². The quantitative estimate of drug-likeness (QED) is 0.612. The predicted molar refractivity (Wildman–Crippen MR) is 43.8 cm³/mol. The van der Waals surface area contributed by atoms with Crippen LogP contribution in [0.4, 0.5) is 4.79 Å². The molecule has 1 aliphatic rings. The maximum atomic E-state index is 11.0. The normalized spacial score (nSPS) is 28.0. The minimum Gasteiger partial charge on any atom is -0.444 e. The van der Waals surface area contributed by atoms with Crippen LogP contribution >= 0.6 is 0 Å². The van der Waals surface area contributed by atoms with E-state index in [0.717, 1.165) is 0 Å². The molecule has 12 heavy (non-hydrogen) atoms. The number of amides is 1. The Morgan fingerprint density at radius 3 is 2.42 bits per heavy atom. The molecule has 0 aromatic rings. The minimum atomic E-state index is -0.468. The number of aliphatic hydroxyl groups excluding tert-OH is 1. The second-order valence-electron chi connectivity index (χ2n) is 4.06. The van der Waals surface area contributed by atoms with Gasteiger partial charge in [0.1, 0.15) is 5.60 Å². The number of rotatable bonds is 1. The summed E-state index contributed by atoms with van der Waals surface area (Å²) in [5.74, 6) is 0. The number of carbonyl (C=O) groups is 1. The molecule has 1 aliphatic carbocycles. The lowest BCUT2D eigenvalue weighted by Gasteiger charge is -2.19. The number of hydrogen-bond acceptors (Lipinski definition) is 3. The van der Waals surface area contributed by atoms with Gasteiger partial charge in [-0.2, -0.15) is 0 Å². The zero-order chi connectivity index (χ0) is 9.35. The molecule has 1 rings (SSSR count). The van der Waals surface area contributed by atoms with Gasteiger partial charge in [0.15, 0.2) is 0 Å². The van der Waals surface area contributed by atoms with Crippen molar-refractivity contribution in [2.24, 2.45) is 0 Å². The van der Waals surface area contributed by atoms with Gasteiger partial charge in [0.05, 0.1) is 12.1 Å². The average molecular weight is 173 g/mol. The summed E-state index contributed by atoms with van der Waals surface area (Å²) in [7, 11) is 0. The minimum absolute atomic E-state index is 0.0974. The molecule has 1 saturated carbocycles. The summed E-state index contributed by atoms with van der Waals surface area (Å²) in [5.41, 5.74) is -0.468. The Morgan fingerprint density at radius 2 is 2.08 bits per heavy atom. The molecule has 4 nitrogen and oxygen atoms in total. The first-order valence-electron chi connectivity index (χ1n) is 4.06. The zero-order valence-corrected chi connectivity index (χ0v) is 7.63. The summed E-state index contributed by atoms with van der Waals surface area (Å²) < 4.78 is 4.98. The van der Waals surface area contributed by atoms with Gasteiger partial charge in [-0.15, -0.1) is 0 Å². The molecule has 0 heterocycles. The molecular weight excluding hydrogens is 158 g/mol. The van der Waals surface area contributed by atoms with Crippen molar-refractivity contribution in [3.05, 3.63) is 0 Å². The van der Waals surface area contributed by atoms with Gasteiger partial charge >= 0.3 is 6.09 Å². The summed E-state index contributed by atoms with van der Waals surface area (Å²) in [6, 6.07) is -0.0974. The highest BCUT2D eigenvalue weighted by Gasteiger charge is 2.37. The molecule has 2 N–H and O–H groups in total. The largest absolute Gasteiger partial charge is 0.444 e. The number of aliphatic hydroxyl groups is 1. The fourth-order valence-electron chi connectivity index (χ4n) is 0.796. The Bertz CT molecular complexity index is 185. The van der Waals surface area contributed by atoms with E-state index in [1.165, 1.54) is 0 Å². The SMILES string of the molecule is CC(C)(C)OC(=O)NC1CC1O. The molecule has 0 bridgehead atoms. The Hall–Kier alpha value is -0.770. The van der Waals surface area contributed by atoms with Crippen LogP contribution in [0.25, 0.3) is 0 Å². The number of nitrogens with one attached hydrogen (secondary N) is 1. The van der Waals surface area contributed by atoms with E-state index in [-0.39, 0.29) is 12.1 Å². The van der Waals surface area contributed by atoms with Crippen molar-refractivity contribution in [1.82, 2.24) is 5.32 Å². The lowest BCUT2D eigenvalue weighted by atomic mass is 10.2. The predicted octanol–water partition coefficient (Wildman–Crippen LogP) is 0.644. The van der Waals surface area contributed by atoms with Crippen molar-refractivity contribution in [3.63, 3.8) is 0 Å². The highest BCUT2D eigenvalue weighted by atomic mass is 16.6. The summed E-state index contributed by atoms with van der Waals surface area (Å²) >= 11 is 0. The van der Waals surface area contributed by atoms with Crippen molar-refractivity contribution < 1.29 is 14.6 Å². The van der Waals surface area contributed by atoms with Crippen LogP contribution in [-0.4, -0.2) is 28.9 Å². The molecule has 0 aromatic carbocycles. The van der Waals surface area contributed by atoms with Crippen molar-refractivity contribution in [1.29, 1.82) is 0 Å². The summed E-state index contributed by atoms with van der Waals surface area (Å²) in [5, 5.41) is 11.5. The molecule has 1 amide bonds. The van der Waals surface area contributed by atoms with Gasteiger partial charge in [-0.1, -0.05) is 0 Å². The first-order valence-corrected chi connectivity index (χ1v) is 4.06. The van der Waals surface area contributed by atoms with Gasteiger partial charge in [0.25, 0.3) is 0 Å². The van der Waals surface area contributed by atoms with E-state index in [4.69, 9.17) is 9.84 Å². The van der Waals surface area contributed by atoms with Crippen LogP contribution in [0.5, 0.6) is 0 Å². The lowest BCUT2D eigenvalue weighted by Crippen LogP contribution is -2.34. The maximum Gasteiger partial charge on any atom is 0.407 e. The van der Waals surface area contributed by atoms with Crippen LogP contribution in [-0.2, 0) is 4.74 Å². The van der Waals surface area contributed by atoms with E-state index in [2.05, 4.69) is 5.32 Å². The first-order chi connectivity index (χ1) is 5.38. The maximum absolute atomic E-state index is 11.0. The second kappa shape index (κ2) is 2.94. The molecule has 0 saturated heterocycles. The molecule has 2 atom stereocenters. The Morgan fingerprint density at radius 1 is 1.58 bits per heavy atom. The van der Waals surface area contributed by atoms with Gasteiger partial charge < -0.3 is 15.2 Å². The molecular formula is C8H15NO3. The van der Waals surface area contributed by atoms with Gasteiger partial charge in [0, 0.05) is 0 Å². The van der Waals surface area contributed by atoms with E-state index in [1.807, 2.05) is 0 Å². The van der Waals surface area contributed by atoms with Crippen molar-refractivity contribution >= 4 is 6.09 Å². The van der Waals surface area contributed by atoms with Crippen LogP contribution in [0.2, 0.25) is 0 Å². The van der Waals surface area contributed by atoms with Crippen LogP contribution < -0.4 is 5.32 Å². The summed E-state index contributed by atoms with van der Waals surface area (Å²) in [6.07, 6.45) is -0.194. The first kappa shape index (κ1) is 9.32. The average Bonchev–Trinajstić information content (AvgIpc) is 2.40. The molecule has 0 spiro atoms. The Labute approximate surface area is 71.9 Å². The fraction of sp³-hybridized carbons (Fsp3) is 0.875. The standard InChI is InChI=1S/C8H15NO3/c1-8(2,3)12-7(11)9-5-4-6(5)10/h5-6,10H,4H2,1-3H3,(H,9,11). The van der Waals surface area contributed by atoms with E-state index in [0.29, 0.717) is 6.42 Å². The third kappa shape index (κ3) is 3.09. The third-order valence-electron chi connectivity index (χ3n) is 1.46. The highest BCUT2D eigenvalue weighted by molar-refractivity contribution is 5.68. The van der Waals surface area contributed by atoms with Crippen molar-refractivity contribution in [3.8, 4) is 0 Å². The van der Waals surface area contributed by atoms with Crippen LogP contribution in [0.1, 0.15) is 27.2 Å². The third-order valence-corrected chi connectivity index (χ3v) is 1.46. The molecule has 70 valence electrons. The van der Waals surface area contributed by atoms with Gasteiger partial charge in [0.2, 0.25) is 0 Å². The van der Waals surface area contributed by atoms with Crippen LogP contribution in [0.15, 0.2) is 0 Å². The van der Waals surface area contributed by atoms with Gasteiger partial charge in [-0.05, 0) is 27.2 Å². The summed E-state index contributed by atoms with van der Waals surface area (Å²) in [4.78, 5) is 11.0. The van der Waals surface area contributed by atoms with Crippen molar-refractivity contribution in [2.45, 2.75) is 44.9 Å². The molecule has 0 aliphatic heterocycles. The monoisotopic (exact) mass is 173 g/mol. The number of ether oxygens (including phenoxy) is 1. The Balaban J connectivity index is 2.21. The second-order valence-corrected chi connectivity index (χ2v) is 4.06. The number of alkyl carbamates (subject to hydrolysis) is 1. The van der Waals surface area contributed by atoms with E-state index in [9.17, 15) is 4.79 Å². The highest BCUT2D eigenvalue weighted by Crippen LogP contribution is 2.20. The Kier molecular flexibility index (Phi) is 2.28. The van der Waals surface area contributed by atoms with Crippen LogP contribution in [0.3, 0.4) is 0 Å². The fourth-order valence-corrected chi connectivity index (χ4v) is 0.796. The van der Waals surface area contributed by atoms with Gasteiger partial charge in [-0.3, -0.25) is 0 Å². The van der Waals surface area contributed by atoms with Gasteiger partial charge in [-0.25, -0.2) is 4.79 Å². The molecule has 0 radical (unpaired) electrons. The molecule has 2 unspecified atom stereocenters. The summed E-state index contributed by atoms with van der Waals surface area (Å²) in [6.45, 7) is 5.40. The van der Waals surface area contributed by atoms with E-state index in [1.54, 1.807) is 20.8 Å². The molecule has 4 heteroatoms. The topological polar surface area (TPSA) is 58.6 Å². The zero-order valence-electron chi connectivity index (χ0n) is 7.63. The lowest BCUT2D eigenvalue weighted by molar-refractivity contribution is 0.0514. The smallest absolute Gasteiger partial charge is 0.407 e. The molecule has 1 fully saturated rings. The number of carbonyl (C=O) groups excluding carboxylic acids is 1. The van der Waals surface area contributed by atoms with Crippen LogP contribution in [0, 0.1) is 0 Å². The molecule has 0 aromatic heterocycles. The van der Waals surface area contributed by atoms with Crippen molar-refractivity contribution in [2.75, 3.05) is 0 Å².